The number of thioether (sulfide) groups is 1. The Morgan fingerprint density at radius 2 is 2.04 bits per heavy atom. The number of nitrogens with zero attached hydrogens (tertiary/aromatic N) is 2. The third-order valence-corrected chi connectivity index (χ3v) is 5.38. The average molecular weight is 356 g/mol. The van der Waals surface area contributed by atoms with Gasteiger partial charge in [-0.1, -0.05) is 35.9 Å². The monoisotopic (exact) mass is 356 g/mol. The van der Waals surface area contributed by atoms with E-state index in [2.05, 4.69) is 16.0 Å². The fourth-order valence-corrected chi connectivity index (χ4v) is 4.04. The van der Waals surface area contributed by atoms with Gasteiger partial charge in [0.05, 0.1) is 10.6 Å². The molecule has 0 radical (unpaired) electrons. The Balaban J connectivity index is 1.96. The first kappa shape index (κ1) is 16.7. The summed E-state index contributed by atoms with van der Waals surface area (Å²) in [4.78, 5) is 21.4. The molecule has 1 aromatic carbocycles. The van der Waals surface area contributed by atoms with Crippen molar-refractivity contribution in [2.24, 2.45) is 0 Å². The molecule has 4 nitrogen and oxygen atoms in total. The van der Waals surface area contributed by atoms with Crippen LogP contribution in [-0.2, 0) is 5.75 Å². The van der Waals surface area contributed by atoms with E-state index in [0.717, 1.165) is 10.4 Å². The van der Waals surface area contributed by atoms with Gasteiger partial charge in [-0.2, -0.15) is 0 Å². The molecule has 0 amide bonds. The minimum Gasteiger partial charge on any atom is -0.478 e. The first-order valence-electron chi connectivity index (χ1n) is 7.39. The van der Waals surface area contributed by atoms with Crippen LogP contribution in [0, 0.1) is 13.8 Å². The van der Waals surface area contributed by atoms with E-state index in [-0.39, 0.29) is 5.56 Å². The van der Waals surface area contributed by atoms with Crippen molar-refractivity contribution >= 4 is 29.1 Å². The Labute approximate surface area is 148 Å². The molecule has 0 aliphatic rings. The van der Waals surface area contributed by atoms with Gasteiger partial charge in [0, 0.05) is 5.75 Å². The topological polar surface area (TPSA) is 63.1 Å². The minimum atomic E-state index is -0.989. The van der Waals surface area contributed by atoms with E-state index in [9.17, 15) is 9.90 Å². The summed E-state index contributed by atoms with van der Waals surface area (Å²) >= 11 is 2.98. The maximum absolute atomic E-state index is 11.6. The highest BCUT2D eigenvalue weighted by Gasteiger charge is 2.19. The maximum atomic E-state index is 11.6. The predicted molar refractivity (Wildman–Crippen MR) is 97.8 cm³/mol. The molecule has 3 rings (SSSR count). The summed E-state index contributed by atoms with van der Waals surface area (Å²) in [5, 5.41) is 12.0. The number of aromatic carboxylic acids is 1. The average Bonchev–Trinajstić information content (AvgIpc) is 3.06. The number of hydrogen-bond acceptors (Lipinski definition) is 5. The van der Waals surface area contributed by atoms with Crippen molar-refractivity contribution < 1.29 is 9.90 Å². The van der Waals surface area contributed by atoms with Gasteiger partial charge < -0.3 is 5.11 Å². The van der Waals surface area contributed by atoms with Gasteiger partial charge in [-0.15, -0.1) is 23.1 Å². The molecule has 122 valence electrons. The van der Waals surface area contributed by atoms with E-state index in [1.165, 1.54) is 17.3 Å². The lowest BCUT2D eigenvalue weighted by molar-refractivity contribution is 0.0691. The third-order valence-electron chi connectivity index (χ3n) is 3.47. The summed E-state index contributed by atoms with van der Waals surface area (Å²) in [6.45, 7) is 3.76. The molecule has 2 aromatic heterocycles. The summed E-state index contributed by atoms with van der Waals surface area (Å²) in [6.07, 6.45) is 0. The number of aryl methyl sites for hydroxylation is 2. The van der Waals surface area contributed by atoms with Crippen molar-refractivity contribution in [1.29, 1.82) is 0 Å². The number of hydrogen-bond donors (Lipinski definition) is 1. The van der Waals surface area contributed by atoms with Crippen molar-refractivity contribution in [2.45, 2.75) is 24.6 Å². The smallest absolute Gasteiger partial charge is 0.340 e. The first-order valence-corrected chi connectivity index (χ1v) is 9.25. The molecule has 0 bridgehead atoms. The van der Waals surface area contributed by atoms with Crippen molar-refractivity contribution in [3.8, 4) is 10.7 Å². The number of benzene rings is 1. The molecule has 0 aliphatic carbocycles. The molecule has 0 saturated heterocycles. The molecule has 1 N–H and O–H groups in total. The molecular weight excluding hydrogens is 340 g/mol. The summed E-state index contributed by atoms with van der Waals surface area (Å²) in [6, 6.07) is 12.1. The van der Waals surface area contributed by atoms with Crippen LogP contribution in [0.5, 0.6) is 0 Å². The van der Waals surface area contributed by atoms with E-state index in [4.69, 9.17) is 0 Å². The number of carboxylic acids is 1. The SMILES string of the molecule is Cc1cccc(CSc2nc(-c3cccs3)nc(C)c2C(=O)O)c1. The first-order chi connectivity index (χ1) is 11.5. The van der Waals surface area contributed by atoms with E-state index in [1.807, 2.05) is 42.6 Å². The van der Waals surface area contributed by atoms with Gasteiger partial charge in [-0.05, 0) is 30.9 Å². The molecule has 6 heteroatoms. The summed E-state index contributed by atoms with van der Waals surface area (Å²) in [5.41, 5.74) is 3.01. The predicted octanol–water partition coefficient (Wildman–Crippen LogP) is 4.81. The lowest BCUT2D eigenvalue weighted by Gasteiger charge is -2.10. The van der Waals surface area contributed by atoms with E-state index in [1.54, 1.807) is 18.3 Å². The molecule has 3 aromatic rings. The van der Waals surface area contributed by atoms with Gasteiger partial charge in [-0.3, -0.25) is 0 Å². The van der Waals surface area contributed by atoms with Crippen LogP contribution in [0.4, 0.5) is 0 Å². The van der Waals surface area contributed by atoms with E-state index < -0.39 is 5.97 Å². The highest BCUT2D eigenvalue weighted by molar-refractivity contribution is 7.98. The van der Waals surface area contributed by atoms with Crippen LogP contribution in [0.1, 0.15) is 27.2 Å². The zero-order chi connectivity index (χ0) is 17.1. The largest absolute Gasteiger partial charge is 0.478 e. The Hall–Kier alpha value is -2.18. The fraction of sp³-hybridized carbons (Fsp3) is 0.167. The molecule has 0 spiro atoms. The minimum absolute atomic E-state index is 0.188. The van der Waals surface area contributed by atoms with Crippen LogP contribution in [-0.4, -0.2) is 21.0 Å². The second-order valence-corrected chi connectivity index (χ2v) is 7.28. The second kappa shape index (κ2) is 7.15. The summed E-state index contributed by atoms with van der Waals surface area (Å²) in [5.74, 6) is 0.263. The van der Waals surface area contributed by atoms with Crippen molar-refractivity contribution in [2.75, 3.05) is 0 Å². The van der Waals surface area contributed by atoms with Gasteiger partial charge in [-0.25, -0.2) is 14.8 Å². The van der Waals surface area contributed by atoms with Crippen LogP contribution >= 0.6 is 23.1 Å². The van der Waals surface area contributed by atoms with Crippen LogP contribution in [0.2, 0.25) is 0 Å². The van der Waals surface area contributed by atoms with Crippen LogP contribution in [0.15, 0.2) is 46.8 Å². The number of thiophene rings is 1. The third kappa shape index (κ3) is 3.66. The van der Waals surface area contributed by atoms with E-state index in [0.29, 0.717) is 22.3 Å². The molecule has 24 heavy (non-hydrogen) atoms. The Morgan fingerprint density at radius 1 is 1.21 bits per heavy atom. The molecular formula is C18H16N2O2S2. The Bertz CT molecular complexity index is 877. The fourth-order valence-electron chi connectivity index (χ4n) is 2.37. The van der Waals surface area contributed by atoms with Gasteiger partial charge in [0.25, 0.3) is 0 Å². The summed E-state index contributed by atoms with van der Waals surface area (Å²) < 4.78 is 0. The number of carboxylic acid groups (broad SMARTS) is 1. The van der Waals surface area contributed by atoms with Crippen molar-refractivity contribution in [3.63, 3.8) is 0 Å². The summed E-state index contributed by atoms with van der Waals surface area (Å²) in [7, 11) is 0. The van der Waals surface area contributed by atoms with Crippen molar-refractivity contribution in [3.05, 3.63) is 64.2 Å². The van der Waals surface area contributed by atoms with Crippen LogP contribution in [0.25, 0.3) is 10.7 Å². The number of aromatic nitrogens is 2. The molecule has 0 saturated carbocycles. The standard InChI is InChI=1S/C18H16N2O2S2/c1-11-5-3-6-13(9-11)10-24-17-15(18(21)22)12(2)19-16(20-17)14-7-4-8-23-14/h3-9H,10H2,1-2H3,(H,21,22). The molecule has 0 unspecified atom stereocenters. The van der Waals surface area contributed by atoms with Crippen molar-refractivity contribution in [1.82, 2.24) is 9.97 Å². The number of rotatable bonds is 5. The molecule has 0 atom stereocenters. The number of carbonyl (C=O) groups is 1. The zero-order valence-corrected chi connectivity index (χ0v) is 14.9. The van der Waals surface area contributed by atoms with Crippen LogP contribution < -0.4 is 0 Å². The van der Waals surface area contributed by atoms with Gasteiger partial charge >= 0.3 is 5.97 Å². The lowest BCUT2D eigenvalue weighted by atomic mass is 10.2. The molecule has 2 heterocycles. The Morgan fingerprint density at radius 3 is 2.71 bits per heavy atom. The van der Waals surface area contributed by atoms with Gasteiger partial charge in [0.2, 0.25) is 0 Å². The second-order valence-electron chi connectivity index (χ2n) is 5.37. The Kier molecular flexibility index (Phi) is 4.97. The van der Waals surface area contributed by atoms with Gasteiger partial charge in [0.15, 0.2) is 5.82 Å². The maximum Gasteiger partial charge on any atom is 0.340 e. The lowest BCUT2D eigenvalue weighted by Crippen LogP contribution is -2.08. The molecule has 0 fully saturated rings. The zero-order valence-electron chi connectivity index (χ0n) is 13.3. The quantitative estimate of drug-likeness (QED) is 0.525. The van der Waals surface area contributed by atoms with Crippen LogP contribution in [0.3, 0.4) is 0 Å². The van der Waals surface area contributed by atoms with Gasteiger partial charge in [0.1, 0.15) is 10.6 Å². The normalized spacial score (nSPS) is 10.8. The highest BCUT2D eigenvalue weighted by atomic mass is 32.2. The van der Waals surface area contributed by atoms with E-state index >= 15 is 0 Å². The highest BCUT2D eigenvalue weighted by Crippen LogP contribution is 2.30. The molecule has 0 aliphatic heterocycles.